The van der Waals surface area contributed by atoms with E-state index in [4.69, 9.17) is 11.5 Å². The fraction of sp³-hybridized carbons (Fsp3) is 0.545. The lowest BCUT2D eigenvalue weighted by molar-refractivity contribution is 0.301. The summed E-state index contributed by atoms with van der Waals surface area (Å²) in [6.07, 6.45) is 3.55. The molecule has 0 saturated heterocycles. The summed E-state index contributed by atoms with van der Waals surface area (Å²) in [4.78, 5) is 17.7. The van der Waals surface area contributed by atoms with Crippen LogP contribution in [-0.2, 0) is 0 Å². The first-order chi connectivity index (χ1) is 8.61. The Labute approximate surface area is 106 Å². The molecule has 1 aromatic rings. The van der Waals surface area contributed by atoms with E-state index in [0.29, 0.717) is 5.96 Å². The standard InChI is InChI=1S/C11H19N7/c1-3-4-5-18-9(8-14-6-7(2)15-8)16-10(12)17-11(18)13/h6,9H,3-5H2,1-2H3,(H,14,15)(H4,12,13,16,17). The van der Waals surface area contributed by atoms with Crippen molar-refractivity contribution < 1.29 is 0 Å². The summed E-state index contributed by atoms with van der Waals surface area (Å²) in [5.41, 5.74) is 12.6. The highest BCUT2D eigenvalue weighted by Crippen LogP contribution is 2.22. The molecule has 7 heteroatoms. The number of nitrogens with two attached hydrogens (primary N) is 2. The van der Waals surface area contributed by atoms with Gasteiger partial charge in [-0.3, -0.25) is 0 Å². The quantitative estimate of drug-likeness (QED) is 0.720. The van der Waals surface area contributed by atoms with Crippen LogP contribution < -0.4 is 11.5 Å². The molecule has 0 aromatic carbocycles. The third kappa shape index (κ3) is 2.44. The summed E-state index contributed by atoms with van der Waals surface area (Å²) in [5, 5.41) is 0. The van der Waals surface area contributed by atoms with Crippen LogP contribution in [0.2, 0.25) is 0 Å². The number of nitrogens with one attached hydrogen (secondary N) is 1. The first-order valence-corrected chi connectivity index (χ1v) is 6.07. The first-order valence-electron chi connectivity index (χ1n) is 6.07. The van der Waals surface area contributed by atoms with Crippen molar-refractivity contribution in [2.45, 2.75) is 32.9 Å². The summed E-state index contributed by atoms with van der Waals surface area (Å²) < 4.78 is 0. The lowest BCUT2D eigenvalue weighted by Gasteiger charge is -2.31. The van der Waals surface area contributed by atoms with E-state index < -0.39 is 0 Å². The van der Waals surface area contributed by atoms with E-state index in [1.54, 1.807) is 6.20 Å². The first kappa shape index (κ1) is 12.4. The van der Waals surface area contributed by atoms with E-state index in [1.165, 1.54) is 0 Å². The molecule has 0 fully saturated rings. The largest absolute Gasteiger partial charge is 0.369 e. The van der Waals surface area contributed by atoms with Gasteiger partial charge in [-0.15, -0.1) is 0 Å². The Kier molecular flexibility index (Phi) is 3.50. The summed E-state index contributed by atoms with van der Waals surface area (Å²) >= 11 is 0. The van der Waals surface area contributed by atoms with Crippen LogP contribution in [0, 0.1) is 6.92 Å². The van der Waals surface area contributed by atoms with Crippen LogP contribution in [-0.4, -0.2) is 33.3 Å². The summed E-state index contributed by atoms with van der Waals surface area (Å²) in [6, 6.07) is 0. The second-order valence-electron chi connectivity index (χ2n) is 4.33. The lowest BCUT2D eigenvalue weighted by Crippen LogP contribution is -2.44. The smallest absolute Gasteiger partial charge is 0.221 e. The topological polar surface area (TPSA) is 109 Å². The van der Waals surface area contributed by atoms with Gasteiger partial charge < -0.3 is 21.4 Å². The summed E-state index contributed by atoms with van der Waals surface area (Å²) in [7, 11) is 0. The van der Waals surface area contributed by atoms with E-state index in [1.807, 2.05) is 11.8 Å². The van der Waals surface area contributed by atoms with Gasteiger partial charge in [0.15, 0.2) is 12.0 Å². The van der Waals surface area contributed by atoms with Crippen LogP contribution in [0.1, 0.15) is 37.4 Å². The van der Waals surface area contributed by atoms with Crippen molar-refractivity contribution in [3.8, 4) is 0 Å². The van der Waals surface area contributed by atoms with E-state index in [0.717, 1.165) is 30.9 Å². The van der Waals surface area contributed by atoms with Gasteiger partial charge in [-0.1, -0.05) is 13.3 Å². The van der Waals surface area contributed by atoms with Crippen molar-refractivity contribution in [3.05, 3.63) is 17.7 Å². The SMILES string of the molecule is CCCCN1C(N)=NC(N)=NC1c1ncc(C)[nH]1. The van der Waals surface area contributed by atoms with Crippen molar-refractivity contribution >= 4 is 11.9 Å². The number of aromatic amines is 1. The van der Waals surface area contributed by atoms with Crippen molar-refractivity contribution in [1.82, 2.24) is 14.9 Å². The van der Waals surface area contributed by atoms with Gasteiger partial charge in [0.2, 0.25) is 11.9 Å². The number of hydrogen-bond donors (Lipinski definition) is 3. The number of aromatic nitrogens is 2. The Bertz CT molecular complexity index is 473. The number of aliphatic imine (C=N–C) groups is 2. The zero-order valence-corrected chi connectivity index (χ0v) is 10.7. The zero-order valence-electron chi connectivity index (χ0n) is 10.7. The zero-order chi connectivity index (χ0) is 13.1. The average molecular weight is 249 g/mol. The molecule has 7 nitrogen and oxygen atoms in total. The maximum atomic E-state index is 5.92. The number of nitrogens with zero attached hydrogens (tertiary/aromatic N) is 4. The number of guanidine groups is 2. The molecule has 18 heavy (non-hydrogen) atoms. The van der Waals surface area contributed by atoms with Crippen molar-refractivity contribution in [1.29, 1.82) is 0 Å². The molecule has 0 spiro atoms. The molecule has 1 aromatic heterocycles. The third-order valence-corrected chi connectivity index (χ3v) is 2.79. The second-order valence-corrected chi connectivity index (χ2v) is 4.33. The van der Waals surface area contributed by atoms with E-state index >= 15 is 0 Å². The van der Waals surface area contributed by atoms with Crippen molar-refractivity contribution in [2.24, 2.45) is 21.5 Å². The number of rotatable bonds is 4. The molecule has 1 aliphatic rings. The minimum atomic E-state index is -0.303. The van der Waals surface area contributed by atoms with Crippen LogP contribution in [0.3, 0.4) is 0 Å². The monoisotopic (exact) mass is 249 g/mol. The van der Waals surface area contributed by atoms with E-state index in [2.05, 4.69) is 26.9 Å². The normalized spacial score (nSPS) is 19.7. The number of aryl methyl sites for hydroxylation is 1. The Morgan fingerprint density at radius 1 is 1.44 bits per heavy atom. The molecule has 0 aliphatic carbocycles. The Balaban J connectivity index is 2.26. The lowest BCUT2D eigenvalue weighted by atomic mass is 10.3. The van der Waals surface area contributed by atoms with Crippen molar-refractivity contribution in [3.63, 3.8) is 0 Å². The Morgan fingerprint density at radius 3 is 2.83 bits per heavy atom. The van der Waals surface area contributed by atoms with Crippen LogP contribution in [0.4, 0.5) is 0 Å². The van der Waals surface area contributed by atoms with Crippen LogP contribution in [0.25, 0.3) is 0 Å². The van der Waals surface area contributed by atoms with Crippen LogP contribution in [0.5, 0.6) is 0 Å². The molecule has 2 rings (SSSR count). The molecular weight excluding hydrogens is 230 g/mol. The highest BCUT2D eigenvalue weighted by Gasteiger charge is 2.27. The third-order valence-electron chi connectivity index (χ3n) is 2.79. The van der Waals surface area contributed by atoms with Crippen LogP contribution in [0.15, 0.2) is 16.2 Å². The van der Waals surface area contributed by atoms with Crippen LogP contribution >= 0.6 is 0 Å². The van der Waals surface area contributed by atoms with Gasteiger partial charge in [0, 0.05) is 18.4 Å². The number of hydrogen-bond acceptors (Lipinski definition) is 6. The van der Waals surface area contributed by atoms with Gasteiger partial charge in [0.1, 0.15) is 0 Å². The second kappa shape index (κ2) is 5.07. The molecule has 1 atom stereocenters. The maximum absolute atomic E-state index is 5.92. The van der Waals surface area contributed by atoms with Gasteiger partial charge >= 0.3 is 0 Å². The Hall–Kier alpha value is -2.05. The van der Waals surface area contributed by atoms with Gasteiger partial charge in [-0.2, -0.15) is 4.99 Å². The number of H-pyrrole nitrogens is 1. The predicted molar refractivity (Wildman–Crippen MR) is 70.9 cm³/mol. The molecule has 2 heterocycles. The van der Waals surface area contributed by atoms with Gasteiger partial charge in [0.25, 0.3) is 0 Å². The van der Waals surface area contributed by atoms with Gasteiger partial charge in [0.05, 0.1) is 0 Å². The van der Waals surface area contributed by atoms with E-state index in [-0.39, 0.29) is 12.1 Å². The molecular formula is C11H19N7. The number of imidazole rings is 1. The average Bonchev–Trinajstić information content (AvgIpc) is 2.74. The molecule has 98 valence electrons. The molecule has 0 radical (unpaired) electrons. The minimum Gasteiger partial charge on any atom is -0.369 e. The fourth-order valence-electron chi connectivity index (χ4n) is 1.87. The molecule has 0 amide bonds. The maximum Gasteiger partial charge on any atom is 0.221 e. The highest BCUT2D eigenvalue weighted by molar-refractivity contribution is 5.95. The molecule has 1 unspecified atom stereocenters. The fourth-order valence-corrected chi connectivity index (χ4v) is 1.87. The summed E-state index contributed by atoms with van der Waals surface area (Å²) in [5.74, 6) is 1.33. The molecule has 1 aliphatic heterocycles. The molecule has 5 N–H and O–H groups in total. The van der Waals surface area contributed by atoms with E-state index in [9.17, 15) is 0 Å². The number of unbranched alkanes of at least 4 members (excludes halogenated alkanes) is 1. The predicted octanol–water partition coefficient (Wildman–Crippen LogP) is 0.462. The van der Waals surface area contributed by atoms with Crippen molar-refractivity contribution in [2.75, 3.05) is 6.54 Å². The molecule has 0 bridgehead atoms. The highest BCUT2D eigenvalue weighted by atomic mass is 15.4. The molecule has 0 saturated carbocycles. The van der Waals surface area contributed by atoms with Gasteiger partial charge in [-0.05, 0) is 13.3 Å². The minimum absolute atomic E-state index is 0.194. The Morgan fingerprint density at radius 2 is 2.22 bits per heavy atom. The van der Waals surface area contributed by atoms with Gasteiger partial charge in [-0.25, -0.2) is 9.98 Å². The summed E-state index contributed by atoms with van der Waals surface area (Å²) in [6.45, 7) is 4.86.